The number of nitriles is 1. The summed E-state index contributed by atoms with van der Waals surface area (Å²) in [6.45, 7) is 0. The molecule has 1 aromatic heterocycles. The molecule has 4 heteroatoms. The van der Waals surface area contributed by atoms with Crippen LogP contribution in [0.3, 0.4) is 0 Å². The molecule has 3 aromatic rings. The van der Waals surface area contributed by atoms with Crippen molar-refractivity contribution < 1.29 is 4.74 Å². The fourth-order valence-electron chi connectivity index (χ4n) is 2.06. The zero-order valence-corrected chi connectivity index (χ0v) is 11.5. The molecule has 0 unspecified atom stereocenters. The summed E-state index contributed by atoms with van der Waals surface area (Å²) >= 11 is 0. The zero-order chi connectivity index (χ0) is 14.7. The number of hydrogen-bond donors (Lipinski definition) is 1. The Hall–Kier alpha value is -3.06. The Morgan fingerprint density at radius 2 is 1.86 bits per heavy atom. The van der Waals surface area contributed by atoms with Gasteiger partial charge in [0.25, 0.3) is 0 Å². The summed E-state index contributed by atoms with van der Waals surface area (Å²) in [6, 6.07) is 19.1. The first kappa shape index (κ1) is 12.9. The van der Waals surface area contributed by atoms with Gasteiger partial charge in [0, 0.05) is 18.1 Å². The lowest BCUT2D eigenvalue weighted by molar-refractivity contribution is 0.463. The van der Waals surface area contributed by atoms with E-state index in [-0.39, 0.29) is 0 Å². The van der Waals surface area contributed by atoms with E-state index >= 15 is 0 Å². The van der Waals surface area contributed by atoms with Gasteiger partial charge in [0.15, 0.2) is 0 Å². The third kappa shape index (κ3) is 2.63. The van der Waals surface area contributed by atoms with Crippen molar-refractivity contribution in [2.24, 2.45) is 0 Å². The number of ether oxygens (including phenoxy) is 1. The van der Waals surface area contributed by atoms with E-state index in [9.17, 15) is 5.26 Å². The van der Waals surface area contributed by atoms with E-state index in [0.717, 1.165) is 16.6 Å². The highest BCUT2D eigenvalue weighted by Gasteiger charge is 2.09. The second kappa shape index (κ2) is 5.51. The summed E-state index contributed by atoms with van der Waals surface area (Å²) in [5, 5.41) is 13.2. The maximum absolute atomic E-state index is 9.26. The van der Waals surface area contributed by atoms with Crippen molar-refractivity contribution in [1.82, 2.24) is 4.98 Å². The lowest BCUT2D eigenvalue weighted by Crippen LogP contribution is -1.93. The summed E-state index contributed by atoms with van der Waals surface area (Å²) in [7, 11) is 1.86. The largest absolute Gasteiger partial charge is 0.438 e. The first-order chi connectivity index (χ1) is 10.3. The van der Waals surface area contributed by atoms with Gasteiger partial charge < -0.3 is 10.1 Å². The number of pyridine rings is 1. The van der Waals surface area contributed by atoms with Gasteiger partial charge in [-0.2, -0.15) is 5.26 Å². The highest BCUT2D eigenvalue weighted by Crippen LogP contribution is 2.27. The van der Waals surface area contributed by atoms with E-state index in [1.807, 2.05) is 55.6 Å². The topological polar surface area (TPSA) is 57.9 Å². The normalized spacial score (nSPS) is 10.1. The molecule has 0 saturated heterocycles. The molecule has 1 heterocycles. The molecule has 2 aromatic carbocycles. The molecule has 0 aliphatic heterocycles. The predicted octanol–water partition coefficient (Wildman–Crippen LogP) is 3.94. The van der Waals surface area contributed by atoms with Crippen LogP contribution in [0.5, 0.6) is 11.6 Å². The van der Waals surface area contributed by atoms with Crippen LogP contribution in [0.25, 0.3) is 10.9 Å². The Morgan fingerprint density at radius 1 is 1.10 bits per heavy atom. The first-order valence-corrected chi connectivity index (χ1v) is 6.56. The van der Waals surface area contributed by atoms with Gasteiger partial charge in [-0.3, -0.25) is 0 Å². The van der Waals surface area contributed by atoms with E-state index in [2.05, 4.69) is 16.4 Å². The van der Waals surface area contributed by atoms with Gasteiger partial charge in [0.2, 0.25) is 5.88 Å². The molecule has 102 valence electrons. The maximum atomic E-state index is 9.26. The summed E-state index contributed by atoms with van der Waals surface area (Å²) in [5.74, 6) is 0.974. The SMILES string of the molecule is CNc1ccc(Oc2nc3ccccc3cc2C#N)cc1. The minimum atomic E-state index is 0.327. The number of benzene rings is 2. The molecule has 0 bridgehead atoms. The van der Waals surface area contributed by atoms with E-state index in [1.54, 1.807) is 6.07 Å². The number of anilines is 1. The van der Waals surface area contributed by atoms with E-state index in [4.69, 9.17) is 4.74 Å². The summed E-state index contributed by atoms with van der Waals surface area (Å²) in [6.07, 6.45) is 0. The number of fused-ring (bicyclic) bond motifs is 1. The fraction of sp³-hybridized carbons (Fsp3) is 0.0588. The third-order valence-corrected chi connectivity index (χ3v) is 3.17. The smallest absolute Gasteiger partial charge is 0.237 e. The molecule has 0 radical (unpaired) electrons. The number of nitrogens with one attached hydrogen (secondary N) is 1. The van der Waals surface area contributed by atoms with E-state index in [1.165, 1.54) is 0 Å². The van der Waals surface area contributed by atoms with E-state index in [0.29, 0.717) is 17.2 Å². The minimum absolute atomic E-state index is 0.327. The molecule has 3 rings (SSSR count). The predicted molar refractivity (Wildman–Crippen MR) is 82.5 cm³/mol. The van der Waals surface area contributed by atoms with Gasteiger partial charge in [0.1, 0.15) is 17.4 Å². The Morgan fingerprint density at radius 3 is 2.57 bits per heavy atom. The van der Waals surface area contributed by atoms with Crippen LogP contribution >= 0.6 is 0 Å². The van der Waals surface area contributed by atoms with Crippen LogP contribution in [0.1, 0.15) is 5.56 Å². The van der Waals surface area contributed by atoms with Gasteiger partial charge in [-0.1, -0.05) is 18.2 Å². The van der Waals surface area contributed by atoms with Gasteiger partial charge in [-0.05, 0) is 36.4 Å². The average molecular weight is 275 g/mol. The Kier molecular flexibility index (Phi) is 3.40. The zero-order valence-electron chi connectivity index (χ0n) is 11.5. The molecule has 0 fully saturated rings. The molecule has 0 aliphatic rings. The molecule has 21 heavy (non-hydrogen) atoms. The molecular formula is C17H13N3O. The van der Waals surface area contributed by atoms with Crippen LogP contribution in [0.4, 0.5) is 5.69 Å². The second-order valence-corrected chi connectivity index (χ2v) is 4.52. The second-order valence-electron chi connectivity index (χ2n) is 4.52. The monoisotopic (exact) mass is 275 g/mol. The van der Waals surface area contributed by atoms with Crippen molar-refractivity contribution in [1.29, 1.82) is 5.26 Å². The Bertz CT molecular complexity index is 820. The Labute approximate surface area is 122 Å². The highest BCUT2D eigenvalue weighted by atomic mass is 16.5. The van der Waals surface area contributed by atoms with Crippen LogP contribution in [0.15, 0.2) is 54.6 Å². The standard InChI is InChI=1S/C17H13N3O/c1-19-14-6-8-15(9-7-14)21-17-13(11-18)10-12-4-2-3-5-16(12)20-17/h2-10,19H,1H3. The van der Waals surface area contributed by atoms with Crippen molar-refractivity contribution in [3.63, 3.8) is 0 Å². The van der Waals surface area contributed by atoms with Crippen molar-refractivity contribution in [3.8, 4) is 17.7 Å². The molecule has 0 saturated carbocycles. The summed E-state index contributed by atoms with van der Waals surface area (Å²) in [4.78, 5) is 4.42. The lowest BCUT2D eigenvalue weighted by atomic mass is 10.1. The fourth-order valence-corrected chi connectivity index (χ4v) is 2.06. The van der Waals surface area contributed by atoms with Gasteiger partial charge in [-0.15, -0.1) is 0 Å². The quantitative estimate of drug-likeness (QED) is 0.786. The number of aromatic nitrogens is 1. The van der Waals surface area contributed by atoms with Crippen LogP contribution in [0.2, 0.25) is 0 Å². The van der Waals surface area contributed by atoms with Gasteiger partial charge in [0.05, 0.1) is 5.52 Å². The van der Waals surface area contributed by atoms with Crippen molar-refractivity contribution >= 4 is 16.6 Å². The van der Waals surface area contributed by atoms with Crippen molar-refractivity contribution in [2.75, 3.05) is 12.4 Å². The number of rotatable bonds is 3. The Balaban J connectivity index is 2.00. The van der Waals surface area contributed by atoms with Crippen LogP contribution in [-0.2, 0) is 0 Å². The van der Waals surface area contributed by atoms with Crippen LogP contribution in [-0.4, -0.2) is 12.0 Å². The van der Waals surface area contributed by atoms with Crippen LogP contribution in [0, 0.1) is 11.3 Å². The molecule has 0 amide bonds. The summed E-state index contributed by atoms with van der Waals surface area (Å²) < 4.78 is 5.75. The molecule has 1 N–H and O–H groups in total. The van der Waals surface area contributed by atoms with Crippen molar-refractivity contribution in [2.45, 2.75) is 0 Å². The molecule has 0 aliphatic carbocycles. The number of para-hydroxylation sites is 1. The molecule has 4 nitrogen and oxygen atoms in total. The maximum Gasteiger partial charge on any atom is 0.237 e. The number of nitrogens with zero attached hydrogens (tertiary/aromatic N) is 2. The van der Waals surface area contributed by atoms with Gasteiger partial charge >= 0.3 is 0 Å². The molecule has 0 atom stereocenters. The summed E-state index contributed by atoms with van der Waals surface area (Å²) in [5.41, 5.74) is 2.22. The van der Waals surface area contributed by atoms with Gasteiger partial charge in [-0.25, -0.2) is 4.98 Å². The average Bonchev–Trinajstić information content (AvgIpc) is 2.55. The first-order valence-electron chi connectivity index (χ1n) is 6.56. The molecule has 0 spiro atoms. The van der Waals surface area contributed by atoms with Crippen molar-refractivity contribution in [3.05, 3.63) is 60.2 Å². The van der Waals surface area contributed by atoms with Crippen LogP contribution < -0.4 is 10.1 Å². The lowest BCUT2D eigenvalue weighted by Gasteiger charge is -2.08. The minimum Gasteiger partial charge on any atom is -0.438 e. The third-order valence-electron chi connectivity index (χ3n) is 3.17. The molecular weight excluding hydrogens is 262 g/mol. The number of hydrogen-bond acceptors (Lipinski definition) is 4. The van der Waals surface area contributed by atoms with E-state index < -0.39 is 0 Å². The highest BCUT2D eigenvalue weighted by molar-refractivity contribution is 5.81.